The van der Waals surface area contributed by atoms with Crippen molar-refractivity contribution in [2.24, 2.45) is 0 Å². The Labute approximate surface area is 117 Å². The maximum atomic E-state index is 9.07. The van der Waals surface area contributed by atoms with Crippen LogP contribution in [0.1, 0.15) is 18.9 Å². The van der Waals surface area contributed by atoms with Crippen LogP contribution in [-0.4, -0.2) is 0 Å². The first-order chi connectivity index (χ1) is 9.33. The van der Waals surface area contributed by atoms with Crippen molar-refractivity contribution in [2.75, 3.05) is 4.90 Å². The Balaban J connectivity index is 2.15. The van der Waals surface area contributed by atoms with E-state index in [0.29, 0.717) is 5.56 Å². The lowest BCUT2D eigenvalue weighted by molar-refractivity contribution is 0.978. The molecule has 2 aromatic carbocycles. The first-order valence-corrected chi connectivity index (χ1v) is 7.08. The summed E-state index contributed by atoms with van der Waals surface area (Å²) in [7, 11) is 0. The van der Waals surface area contributed by atoms with Gasteiger partial charge in [0, 0.05) is 9.79 Å². The fraction of sp³-hybridized carbons (Fsp3) is 0.125. The minimum atomic E-state index is 0.702. The predicted octanol–water partition coefficient (Wildman–Crippen LogP) is 4.73. The van der Waals surface area contributed by atoms with Crippen molar-refractivity contribution >= 4 is 23.1 Å². The van der Waals surface area contributed by atoms with Crippen molar-refractivity contribution in [1.82, 2.24) is 0 Å². The van der Waals surface area contributed by atoms with Crippen molar-refractivity contribution < 1.29 is 0 Å². The third kappa shape index (κ3) is 2.09. The van der Waals surface area contributed by atoms with Gasteiger partial charge in [0.15, 0.2) is 0 Å². The number of nitrogens with zero attached hydrogens (tertiary/aromatic N) is 2. The molecule has 19 heavy (non-hydrogen) atoms. The molecule has 0 fully saturated rings. The summed E-state index contributed by atoms with van der Waals surface area (Å²) < 4.78 is 0. The van der Waals surface area contributed by atoms with Crippen LogP contribution in [-0.2, 0) is 0 Å². The quantitative estimate of drug-likeness (QED) is 0.785. The van der Waals surface area contributed by atoms with E-state index < -0.39 is 0 Å². The molecule has 0 aliphatic carbocycles. The van der Waals surface area contributed by atoms with Gasteiger partial charge in [-0.15, -0.1) is 0 Å². The Kier molecular flexibility index (Phi) is 3.18. The van der Waals surface area contributed by atoms with E-state index in [9.17, 15) is 0 Å². The van der Waals surface area contributed by atoms with E-state index in [1.807, 2.05) is 18.2 Å². The molecule has 0 unspecified atom stereocenters. The lowest BCUT2D eigenvalue weighted by atomic mass is 10.1. The fourth-order valence-electron chi connectivity index (χ4n) is 2.23. The zero-order valence-corrected chi connectivity index (χ0v) is 11.4. The highest BCUT2D eigenvalue weighted by atomic mass is 32.2. The van der Waals surface area contributed by atoms with E-state index in [-0.39, 0.29) is 0 Å². The van der Waals surface area contributed by atoms with Gasteiger partial charge in [-0.25, -0.2) is 0 Å². The van der Waals surface area contributed by atoms with E-state index in [0.717, 1.165) is 12.1 Å². The molecule has 0 atom stereocenters. The Morgan fingerprint density at radius 3 is 2.74 bits per heavy atom. The van der Waals surface area contributed by atoms with Crippen LogP contribution in [0.15, 0.2) is 52.3 Å². The number of benzene rings is 2. The van der Waals surface area contributed by atoms with Gasteiger partial charge in [0.05, 0.1) is 29.6 Å². The largest absolute Gasteiger partial charge is 0.334 e. The molecule has 2 nitrogen and oxygen atoms in total. The molecule has 1 aliphatic heterocycles. The topological polar surface area (TPSA) is 27.0 Å². The summed E-state index contributed by atoms with van der Waals surface area (Å²) in [6.07, 6.45) is 0.954. The predicted molar refractivity (Wildman–Crippen MR) is 78.5 cm³/mol. The fourth-order valence-corrected chi connectivity index (χ4v) is 3.28. The normalized spacial score (nSPS) is 12.5. The van der Waals surface area contributed by atoms with Crippen LogP contribution in [0, 0.1) is 17.9 Å². The lowest BCUT2D eigenvalue weighted by Crippen LogP contribution is -2.17. The van der Waals surface area contributed by atoms with Crippen LogP contribution in [0.3, 0.4) is 0 Å². The molecule has 0 saturated heterocycles. The summed E-state index contributed by atoms with van der Waals surface area (Å²) in [5.41, 5.74) is 3.00. The molecule has 0 aromatic heterocycles. The van der Waals surface area contributed by atoms with Crippen molar-refractivity contribution in [3.8, 4) is 6.07 Å². The molecule has 1 heterocycles. The first kappa shape index (κ1) is 12.1. The number of rotatable bonds is 2. The van der Waals surface area contributed by atoms with Crippen LogP contribution in [0.2, 0.25) is 0 Å². The third-order valence-electron chi connectivity index (χ3n) is 3.06. The summed E-state index contributed by atoms with van der Waals surface area (Å²) >= 11 is 1.76. The number of fused-ring (bicyclic) bond motifs is 2. The molecule has 1 radical (unpaired) electrons. The third-order valence-corrected chi connectivity index (χ3v) is 4.19. The standard InChI is InChI=1S/C16H13N2S/c1-2-9-18-13-5-3-4-6-15(13)19-16-8-7-12(11-17)10-14(16)18/h3-10H,2H2,1H3. The minimum absolute atomic E-state index is 0.702. The van der Waals surface area contributed by atoms with Gasteiger partial charge in [0.1, 0.15) is 0 Å². The number of para-hydroxylation sites is 1. The Morgan fingerprint density at radius 2 is 1.95 bits per heavy atom. The van der Waals surface area contributed by atoms with E-state index >= 15 is 0 Å². The summed E-state index contributed by atoms with van der Waals surface area (Å²) in [6, 6.07) is 16.5. The molecule has 0 N–H and O–H groups in total. The molecule has 1 aliphatic rings. The average molecular weight is 265 g/mol. The molecule has 3 rings (SSSR count). The smallest absolute Gasteiger partial charge is 0.0992 e. The average Bonchev–Trinajstić information content (AvgIpc) is 2.47. The molecule has 2 aromatic rings. The van der Waals surface area contributed by atoms with E-state index in [1.54, 1.807) is 11.8 Å². The molecule has 93 valence electrons. The second-order valence-electron chi connectivity index (χ2n) is 4.32. The van der Waals surface area contributed by atoms with Crippen molar-refractivity contribution in [2.45, 2.75) is 23.1 Å². The van der Waals surface area contributed by atoms with Gasteiger partial charge in [-0.2, -0.15) is 5.26 Å². The second-order valence-corrected chi connectivity index (χ2v) is 5.41. The first-order valence-electron chi connectivity index (χ1n) is 6.27. The van der Waals surface area contributed by atoms with Crippen molar-refractivity contribution in [1.29, 1.82) is 5.26 Å². The highest BCUT2D eigenvalue weighted by Crippen LogP contribution is 2.48. The van der Waals surface area contributed by atoms with Gasteiger partial charge in [-0.1, -0.05) is 30.8 Å². The summed E-state index contributed by atoms with van der Waals surface area (Å²) in [5.74, 6) is 0. The van der Waals surface area contributed by atoms with E-state index in [1.165, 1.54) is 15.5 Å². The van der Waals surface area contributed by atoms with Gasteiger partial charge < -0.3 is 4.90 Å². The molecule has 0 amide bonds. The van der Waals surface area contributed by atoms with E-state index in [4.69, 9.17) is 5.26 Å². The number of hydrogen-bond acceptors (Lipinski definition) is 3. The van der Waals surface area contributed by atoms with Crippen LogP contribution in [0.25, 0.3) is 0 Å². The van der Waals surface area contributed by atoms with Gasteiger partial charge in [0.2, 0.25) is 0 Å². The SMILES string of the molecule is CC[CH]N1c2ccccc2Sc2ccc(C#N)cc21. The van der Waals surface area contributed by atoms with Gasteiger partial charge in [-0.3, -0.25) is 0 Å². The highest BCUT2D eigenvalue weighted by molar-refractivity contribution is 7.99. The van der Waals surface area contributed by atoms with Crippen LogP contribution in [0.5, 0.6) is 0 Å². The Bertz CT molecular complexity index is 658. The minimum Gasteiger partial charge on any atom is -0.334 e. The number of hydrogen-bond donors (Lipinski definition) is 0. The van der Waals surface area contributed by atoms with Crippen LogP contribution in [0.4, 0.5) is 11.4 Å². The monoisotopic (exact) mass is 265 g/mol. The summed E-state index contributed by atoms with van der Waals surface area (Å²) in [6.45, 7) is 4.29. The highest BCUT2D eigenvalue weighted by Gasteiger charge is 2.22. The van der Waals surface area contributed by atoms with Gasteiger partial charge in [-0.05, 0) is 36.8 Å². The Morgan fingerprint density at radius 1 is 1.16 bits per heavy atom. The maximum Gasteiger partial charge on any atom is 0.0992 e. The Hall–Kier alpha value is -1.92. The maximum absolute atomic E-state index is 9.07. The lowest BCUT2D eigenvalue weighted by Gasteiger charge is -2.32. The zero-order chi connectivity index (χ0) is 13.2. The van der Waals surface area contributed by atoms with Crippen LogP contribution >= 0.6 is 11.8 Å². The molecule has 0 bridgehead atoms. The number of nitriles is 1. The molecular formula is C16H13N2S. The number of anilines is 2. The molecular weight excluding hydrogens is 252 g/mol. The molecule has 0 spiro atoms. The second kappa shape index (κ2) is 4.99. The van der Waals surface area contributed by atoms with Crippen LogP contribution < -0.4 is 4.90 Å². The van der Waals surface area contributed by atoms with E-state index in [2.05, 4.69) is 48.7 Å². The van der Waals surface area contributed by atoms with Crippen molar-refractivity contribution in [3.63, 3.8) is 0 Å². The summed E-state index contributed by atoms with van der Waals surface area (Å²) in [4.78, 5) is 4.65. The summed E-state index contributed by atoms with van der Waals surface area (Å²) in [5, 5.41) is 9.07. The zero-order valence-electron chi connectivity index (χ0n) is 10.6. The van der Waals surface area contributed by atoms with Gasteiger partial charge >= 0.3 is 0 Å². The van der Waals surface area contributed by atoms with Crippen molar-refractivity contribution in [3.05, 3.63) is 54.6 Å². The molecule has 0 saturated carbocycles. The molecule has 3 heteroatoms. The van der Waals surface area contributed by atoms with Gasteiger partial charge in [0.25, 0.3) is 0 Å².